The first-order chi connectivity index (χ1) is 15.9. The second-order valence-corrected chi connectivity index (χ2v) is 7.31. The number of esters is 1. The van der Waals surface area contributed by atoms with Gasteiger partial charge in [-0.15, -0.1) is 0 Å². The van der Waals surface area contributed by atoms with Crippen LogP contribution in [0.3, 0.4) is 0 Å². The van der Waals surface area contributed by atoms with E-state index in [0.29, 0.717) is 5.75 Å². The number of hydrogen-bond donors (Lipinski definition) is 2. The third kappa shape index (κ3) is 6.00. The highest BCUT2D eigenvalue weighted by Gasteiger charge is 2.28. The second kappa shape index (κ2) is 11.0. The highest BCUT2D eigenvalue weighted by Crippen LogP contribution is 2.28. The first-order valence-corrected chi connectivity index (χ1v) is 10.4. The van der Waals surface area contributed by atoms with E-state index in [1.807, 2.05) is 60.7 Å². The molecule has 0 radical (unpaired) electrons. The molecule has 8 nitrogen and oxygen atoms in total. The fraction of sp³-hybridized carbons (Fsp3) is 0.240. The molecule has 8 heteroatoms. The van der Waals surface area contributed by atoms with Gasteiger partial charge in [0, 0.05) is 12.3 Å². The largest absolute Gasteiger partial charge is 0.503 e. The van der Waals surface area contributed by atoms with Crippen LogP contribution in [0.4, 0.5) is 0 Å². The lowest BCUT2D eigenvalue weighted by molar-refractivity contribution is -0.154. The molecule has 3 rings (SSSR count). The lowest BCUT2D eigenvalue weighted by atomic mass is 10.0. The van der Waals surface area contributed by atoms with Crippen LogP contribution in [0, 0.1) is 0 Å². The van der Waals surface area contributed by atoms with E-state index in [1.54, 1.807) is 6.92 Å². The molecule has 1 heterocycles. The zero-order valence-electron chi connectivity index (χ0n) is 18.6. The summed E-state index contributed by atoms with van der Waals surface area (Å²) in [6, 6.07) is 19.1. The van der Waals surface area contributed by atoms with Crippen molar-refractivity contribution in [2.75, 3.05) is 7.11 Å². The predicted octanol–water partition coefficient (Wildman–Crippen LogP) is 3.67. The molecule has 33 heavy (non-hydrogen) atoms. The number of aromatic nitrogens is 1. The Morgan fingerprint density at radius 2 is 1.61 bits per heavy atom. The molecule has 0 fully saturated rings. The van der Waals surface area contributed by atoms with Crippen molar-refractivity contribution in [2.45, 2.75) is 32.1 Å². The van der Waals surface area contributed by atoms with Gasteiger partial charge in [-0.05, 0) is 31.5 Å². The number of nitrogens with one attached hydrogen (secondary N) is 1. The molecule has 0 unspecified atom stereocenters. The van der Waals surface area contributed by atoms with Crippen molar-refractivity contribution in [3.63, 3.8) is 0 Å². The van der Waals surface area contributed by atoms with Crippen LogP contribution in [-0.2, 0) is 9.53 Å². The van der Waals surface area contributed by atoms with Crippen molar-refractivity contribution >= 4 is 11.9 Å². The Morgan fingerprint density at radius 3 is 2.24 bits per heavy atom. The number of carbonyl (C=O) groups excluding carboxylic acids is 2. The van der Waals surface area contributed by atoms with Gasteiger partial charge in [0.2, 0.25) is 0 Å². The molecule has 0 saturated heterocycles. The van der Waals surface area contributed by atoms with Crippen LogP contribution >= 0.6 is 0 Å². The van der Waals surface area contributed by atoms with Crippen LogP contribution in [0.15, 0.2) is 72.9 Å². The lowest BCUT2D eigenvalue weighted by Crippen LogP contribution is -2.42. The van der Waals surface area contributed by atoms with Crippen molar-refractivity contribution in [3.05, 3.63) is 84.2 Å². The summed E-state index contributed by atoms with van der Waals surface area (Å²) in [5, 5.41) is 12.6. The molecule has 0 spiro atoms. The number of carbonyl (C=O) groups is 2. The molecule has 3 aromatic rings. The van der Waals surface area contributed by atoms with Crippen LogP contribution < -0.4 is 14.8 Å². The van der Waals surface area contributed by atoms with Gasteiger partial charge in [0.15, 0.2) is 23.3 Å². The summed E-state index contributed by atoms with van der Waals surface area (Å²) in [5.41, 5.74) is 0.584. The summed E-state index contributed by atoms with van der Waals surface area (Å²) >= 11 is 0. The normalized spacial score (nSPS) is 13.3. The molecule has 1 aromatic heterocycles. The minimum absolute atomic E-state index is 0.0998. The van der Waals surface area contributed by atoms with Crippen LogP contribution in [0.5, 0.6) is 17.2 Å². The van der Waals surface area contributed by atoms with E-state index in [1.165, 1.54) is 26.3 Å². The Bertz CT molecular complexity index is 1070. The van der Waals surface area contributed by atoms with Gasteiger partial charge in [-0.25, -0.2) is 9.78 Å². The summed E-state index contributed by atoms with van der Waals surface area (Å²) in [6.45, 7) is 3.21. The van der Waals surface area contributed by atoms with Crippen molar-refractivity contribution < 1.29 is 28.9 Å². The molecule has 2 N–H and O–H groups in total. The van der Waals surface area contributed by atoms with Gasteiger partial charge in [0.05, 0.1) is 7.11 Å². The van der Waals surface area contributed by atoms with E-state index in [9.17, 15) is 14.7 Å². The minimum atomic E-state index is -1.000. The van der Waals surface area contributed by atoms with Crippen LogP contribution in [0.2, 0.25) is 0 Å². The lowest BCUT2D eigenvalue weighted by Gasteiger charge is -2.26. The van der Waals surface area contributed by atoms with Gasteiger partial charge in [-0.2, -0.15) is 0 Å². The Morgan fingerprint density at radius 1 is 0.970 bits per heavy atom. The van der Waals surface area contributed by atoms with E-state index < -0.39 is 35.9 Å². The number of ether oxygens (including phenoxy) is 3. The molecular weight excluding hydrogens is 424 g/mol. The summed E-state index contributed by atoms with van der Waals surface area (Å²) in [6.07, 6.45) is 0.0940. The van der Waals surface area contributed by atoms with Crippen molar-refractivity contribution in [2.24, 2.45) is 0 Å². The molecule has 0 bridgehead atoms. The van der Waals surface area contributed by atoms with E-state index in [-0.39, 0.29) is 11.4 Å². The number of benzene rings is 2. The third-order valence-corrected chi connectivity index (χ3v) is 4.89. The number of para-hydroxylation sites is 1. The van der Waals surface area contributed by atoms with Crippen molar-refractivity contribution in [1.29, 1.82) is 0 Å². The molecule has 3 atom stereocenters. The molecule has 0 saturated carbocycles. The maximum Gasteiger partial charge on any atom is 0.328 e. The highest BCUT2D eigenvalue weighted by atomic mass is 16.6. The topological polar surface area (TPSA) is 107 Å². The average Bonchev–Trinajstić information content (AvgIpc) is 2.83. The molecule has 2 aromatic carbocycles. The number of nitrogens with zero attached hydrogens (tertiary/aromatic N) is 1. The Hall–Kier alpha value is -4.07. The van der Waals surface area contributed by atoms with Gasteiger partial charge in [-0.3, -0.25) is 4.79 Å². The Kier molecular flexibility index (Phi) is 7.86. The Labute approximate surface area is 192 Å². The van der Waals surface area contributed by atoms with Gasteiger partial charge in [0.25, 0.3) is 5.91 Å². The third-order valence-electron chi connectivity index (χ3n) is 4.89. The number of hydrogen-bond acceptors (Lipinski definition) is 7. The quantitative estimate of drug-likeness (QED) is 0.479. The molecule has 0 aliphatic heterocycles. The zero-order valence-corrected chi connectivity index (χ0v) is 18.6. The van der Waals surface area contributed by atoms with Gasteiger partial charge in [-0.1, -0.05) is 48.5 Å². The van der Waals surface area contributed by atoms with Crippen LogP contribution in [0.1, 0.15) is 36.0 Å². The maximum absolute atomic E-state index is 12.7. The molecule has 0 aliphatic rings. The fourth-order valence-corrected chi connectivity index (χ4v) is 3.16. The number of aromatic hydroxyl groups is 1. The standard InChI is InChI=1S/C25H26N2O6/c1-16(27-24(29)21-22(28)20(31-3)14-15-26-21)25(30)32-17(2)23(18-10-6-4-7-11-18)33-19-12-8-5-9-13-19/h4-17,23,28H,1-3H3,(H,27,29)/t16-,17-,23-/m1/s1. The summed E-state index contributed by atoms with van der Waals surface area (Å²) in [7, 11) is 1.36. The predicted molar refractivity (Wildman–Crippen MR) is 121 cm³/mol. The monoisotopic (exact) mass is 450 g/mol. The minimum Gasteiger partial charge on any atom is -0.503 e. The van der Waals surface area contributed by atoms with E-state index in [4.69, 9.17) is 14.2 Å². The van der Waals surface area contributed by atoms with Gasteiger partial charge < -0.3 is 24.6 Å². The summed E-state index contributed by atoms with van der Waals surface area (Å²) < 4.78 is 16.7. The van der Waals surface area contributed by atoms with Crippen molar-refractivity contribution in [1.82, 2.24) is 10.3 Å². The van der Waals surface area contributed by atoms with Crippen LogP contribution in [0.25, 0.3) is 0 Å². The average molecular weight is 450 g/mol. The van der Waals surface area contributed by atoms with Gasteiger partial charge in [0.1, 0.15) is 17.9 Å². The second-order valence-electron chi connectivity index (χ2n) is 7.31. The molecule has 172 valence electrons. The Balaban J connectivity index is 1.69. The number of methoxy groups -OCH3 is 1. The smallest absolute Gasteiger partial charge is 0.328 e. The number of amides is 1. The van der Waals surface area contributed by atoms with Crippen LogP contribution in [-0.4, -0.2) is 41.2 Å². The number of rotatable bonds is 9. The molecule has 1 amide bonds. The summed E-state index contributed by atoms with van der Waals surface area (Å²) in [5.74, 6) is -1.07. The van der Waals surface area contributed by atoms with E-state index in [2.05, 4.69) is 10.3 Å². The summed E-state index contributed by atoms with van der Waals surface area (Å²) in [4.78, 5) is 29.1. The van der Waals surface area contributed by atoms with Gasteiger partial charge >= 0.3 is 5.97 Å². The highest BCUT2D eigenvalue weighted by molar-refractivity contribution is 5.97. The zero-order chi connectivity index (χ0) is 23.8. The first-order valence-electron chi connectivity index (χ1n) is 10.4. The maximum atomic E-state index is 12.7. The van der Waals surface area contributed by atoms with E-state index in [0.717, 1.165) is 5.56 Å². The molecule has 0 aliphatic carbocycles. The number of pyridine rings is 1. The van der Waals surface area contributed by atoms with E-state index >= 15 is 0 Å². The SMILES string of the molecule is COc1ccnc(C(=O)N[C@H](C)C(=O)O[C@H](C)[C@@H](Oc2ccccc2)c2ccccc2)c1O. The fourth-order valence-electron chi connectivity index (χ4n) is 3.16. The molecular formula is C25H26N2O6. The van der Waals surface area contributed by atoms with Crippen molar-refractivity contribution in [3.8, 4) is 17.2 Å². The first kappa shape index (κ1) is 23.6.